The van der Waals surface area contributed by atoms with Gasteiger partial charge < -0.3 is 23.7 Å². The minimum Gasteiger partial charge on any atom is -0.459 e. The monoisotopic (exact) mass is 560 g/mol. The van der Waals surface area contributed by atoms with E-state index < -0.39 is 48.3 Å². The summed E-state index contributed by atoms with van der Waals surface area (Å²) in [4.78, 5) is 48.5. The number of rotatable bonds is 9. The number of allylic oxidation sites excluding steroid dienone is 5. The summed E-state index contributed by atoms with van der Waals surface area (Å²) in [6.45, 7) is 9.82. The highest BCUT2D eigenvalue weighted by molar-refractivity contribution is 5.70. The zero-order chi connectivity index (χ0) is 29.7. The second kappa shape index (κ2) is 16.8. The Hall–Kier alpha value is -3.20. The first-order valence-corrected chi connectivity index (χ1v) is 14.0. The van der Waals surface area contributed by atoms with Gasteiger partial charge >= 0.3 is 23.9 Å². The van der Waals surface area contributed by atoms with E-state index in [9.17, 15) is 19.2 Å². The van der Waals surface area contributed by atoms with Crippen LogP contribution in [0.1, 0.15) is 73.6 Å². The first kappa shape index (κ1) is 33.0. The molecule has 8 atom stereocenters. The van der Waals surface area contributed by atoms with Crippen molar-refractivity contribution in [3.05, 3.63) is 48.6 Å². The quantitative estimate of drug-likeness (QED) is 0.167. The number of esters is 4. The van der Waals surface area contributed by atoms with Crippen molar-refractivity contribution in [2.24, 2.45) is 11.8 Å². The average molecular weight is 561 g/mol. The SMILES string of the molecule is C/C=C/C/C=C/[C@H](C)C[C@H](OC(C)=O)[C@@H]1C[C@H]2O[C@H]2/C=C/[C@H](OC(C)=O)C(OC(C)=O)/C=C/C[C@H](C)CC(=O)O1. The van der Waals surface area contributed by atoms with E-state index in [0.29, 0.717) is 19.3 Å². The van der Waals surface area contributed by atoms with Crippen molar-refractivity contribution in [1.82, 2.24) is 0 Å². The standard InChI is InChI=1S/C31H44O9/c1-7-8-9-10-12-20(2)17-28(38-24(6)34)30-19-29-27(39-29)16-15-26(37-23(5)33)25(36-22(4)32)14-11-13-21(3)18-31(35)40-30/h7-8,10-12,14-16,20-21,25-30H,9,13,17-19H2,1-6H3/b8-7+,12-10+,14-11+,16-15+/t20-,21-,25?,26-,27-,28-,29+,30-/m0/s1. The van der Waals surface area contributed by atoms with Crippen LogP contribution in [0.4, 0.5) is 0 Å². The van der Waals surface area contributed by atoms with Crippen LogP contribution in [-0.4, -0.2) is 60.5 Å². The molecule has 2 rings (SSSR count). The molecule has 0 amide bonds. The summed E-state index contributed by atoms with van der Waals surface area (Å²) in [6.07, 6.45) is 13.6. The van der Waals surface area contributed by atoms with Gasteiger partial charge in [0.2, 0.25) is 0 Å². The van der Waals surface area contributed by atoms with Gasteiger partial charge in [-0.2, -0.15) is 0 Å². The molecule has 2 aliphatic rings. The summed E-state index contributed by atoms with van der Waals surface area (Å²) in [5.74, 6) is -1.88. The molecule has 0 aromatic carbocycles. The zero-order valence-electron chi connectivity index (χ0n) is 24.4. The van der Waals surface area contributed by atoms with Gasteiger partial charge in [0.15, 0.2) is 12.2 Å². The van der Waals surface area contributed by atoms with Crippen LogP contribution in [-0.2, 0) is 42.9 Å². The van der Waals surface area contributed by atoms with Gasteiger partial charge in [-0.15, -0.1) is 0 Å². The van der Waals surface area contributed by atoms with Crippen molar-refractivity contribution in [1.29, 1.82) is 0 Å². The minimum atomic E-state index is -0.847. The van der Waals surface area contributed by atoms with Crippen molar-refractivity contribution in [3.8, 4) is 0 Å². The number of hydrogen-bond donors (Lipinski definition) is 0. The number of epoxide rings is 1. The molecule has 0 aromatic rings. The fraction of sp³-hybridized carbons (Fsp3) is 0.613. The first-order chi connectivity index (χ1) is 19.0. The summed E-state index contributed by atoms with van der Waals surface area (Å²) in [5.41, 5.74) is 0. The molecule has 1 saturated heterocycles. The van der Waals surface area contributed by atoms with Gasteiger partial charge in [0, 0.05) is 33.6 Å². The second-order valence-electron chi connectivity index (χ2n) is 10.5. The number of hydrogen-bond acceptors (Lipinski definition) is 9. The molecule has 40 heavy (non-hydrogen) atoms. The van der Waals surface area contributed by atoms with E-state index in [0.717, 1.165) is 6.42 Å². The average Bonchev–Trinajstić information content (AvgIpc) is 3.59. The maximum Gasteiger partial charge on any atom is 0.306 e. The summed E-state index contributed by atoms with van der Waals surface area (Å²) in [5, 5.41) is 0. The van der Waals surface area contributed by atoms with Gasteiger partial charge in [-0.05, 0) is 50.2 Å². The Balaban J connectivity index is 2.30. The fourth-order valence-corrected chi connectivity index (χ4v) is 4.54. The normalized spacial score (nSPS) is 30.6. The Morgan fingerprint density at radius 2 is 1.70 bits per heavy atom. The van der Waals surface area contributed by atoms with Crippen LogP contribution in [0.2, 0.25) is 0 Å². The van der Waals surface area contributed by atoms with E-state index in [1.807, 2.05) is 32.9 Å². The number of fused-ring (bicyclic) bond motifs is 1. The van der Waals surface area contributed by atoms with E-state index in [-0.39, 0.29) is 30.5 Å². The summed E-state index contributed by atoms with van der Waals surface area (Å²) in [6, 6.07) is 0. The van der Waals surface area contributed by atoms with Crippen LogP contribution in [0, 0.1) is 11.8 Å². The largest absolute Gasteiger partial charge is 0.459 e. The lowest BCUT2D eigenvalue weighted by Gasteiger charge is -2.28. The molecule has 9 nitrogen and oxygen atoms in total. The third kappa shape index (κ3) is 12.8. The molecule has 0 bridgehead atoms. The van der Waals surface area contributed by atoms with Crippen molar-refractivity contribution in [2.75, 3.05) is 0 Å². The molecule has 0 radical (unpaired) electrons. The number of carbonyl (C=O) groups excluding carboxylic acids is 4. The molecule has 2 heterocycles. The van der Waals surface area contributed by atoms with E-state index in [2.05, 4.69) is 12.2 Å². The molecular weight excluding hydrogens is 516 g/mol. The Kier molecular flexibility index (Phi) is 13.9. The van der Waals surface area contributed by atoms with E-state index in [1.165, 1.54) is 20.8 Å². The maximum absolute atomic E-state index is 13.0. The summed E-state index contributed by atoms with van der Waals surface area (Å²) in [7, 11) is 0. The molecule has 1 unspecified atom stereocenters. The Morgan fingerprint density at radius 1 is 1.02 bits per heavy atom. The smallest absolute Gasteiger partial charge is 0.306 e. The minimum absolute atomic E-state index is 0.0764. The molecule has 222 valence electrons. The van der Waals surface area contributed by atoms with Gasteiger partial charge in [-0.3, -0.25) is 19.2 Å². The zero-order valence-corrected chi connectivity index (χ0v) is 24.4. The lowest BCUT2D eigenvalue weighted by molar-refractivity contribution is -0.169. The van der Waals surface area contributed by atoms with E-state index >= 15 is 0 Å². The lowest BCUT2D eigenvalue weighted by atomic mass is 9.95. The highest BCUT2D eigenvalue weighted by atomic mass is 16.6. The highest BCUT2D eigenvalue weighted by Gasteiger charge is 2.43. The fourth-order valence-electron chi connectivity index (χ4n) is 4.54. The summed E-state index contributed by atoms with van der Waals surface area (Å²) >= 11 is 0. The Morgan fingerprint density at radius 3 is 2.33 bits per heavy atom. The summed E-state index contributed by atoms with van der Waals surface area (Å²) < 4.78 is 28.3. The molecule has 9 heteroatoms. The van der Waals surface area contributed by atoms with Crippen molar-refractivity contribution < 1.29 is 42.9 Å². The third-order valence-corrected chi connectivity index (χ3v) is 6.48. The van der Waals surface area contributed by atoms with Crippen molar-refractivity contribution >= 4 is 23.9 Å². The van der Waals surface area contributed by atoms with Gasteiger partial charge in [-0.1, -0.05) is 50.3 Å². The van der Waals surface area contributed by atoms with E-state index in [1.54, 1.807) is 24.3 Å². The maximum atomic E-state index is 13.0. The van der Waals surface area contributed by atoms with Crippen LogP contribution in [0.15, 0.2) is 48.6 Å². The predicted octanol–water partition coefficient (Wildman–Crippen LogP) is 4.94. The molecular formula is C31H44O9. The highest BCUT2D eigenvalue weighted by Crippen LogP contribution is 2.32. The molecule has 0 spiro atoms. The van der Waals surface area contributed by atoms with Gasteiger partial charge in [0.25, 0.3) is 0 Å². The molecule has 2 aliphatic heterocycles. The van der Waals surface area contributed by atoms with E-state index in [4.69, 9.17) is 23.7 Å². The van der Waals surface area contributed by atoms with Crippen LogP contribution in [0.25, 0.3) is 0 Å². The van der Waals surface area contributed by atoms with Crippen molar-refractivity contribution in [3.63, 3.8) is 0 Å². The van der Waals surface area contributed by atoms with Crippen LogP contribution in [0.5, 0.6) is 0 Å². The Labute approximate surface area is 237 Å². The molecule has 0 aliphatic carbocycles. The topological polar surface area (TPSA) is 118 Å². The van der Waals surface area contributed by atoms with Crippen LogP contribution >= 0.6 is 0 Å². The molecule has 1 fully saturated rings. The predicted molar refractivity (Wildman–Crippen MR) is 149 cm³/mol. The van der Waals surface area contributed by atoms with Crippen molar-refractivity contribution in [2.45, 2.75) is 110 Å². The number of carbonyl (C=O) groups is 4. The molecule has 0 aromatic heterocycles. The lowest BCUT2D eigenvalue weighted by Crippen LogP contribution is -2.37. The third-order valence-electron chi connectivity index (χ3n) is 6.48. The number of cyclic esters (lactones) is 1. The van der Waals surface area contributed by atoms with Crippen LogP contribution < -0.4 is 0 Å². The molecule has 0 N–H and O–H groups in total. The van der Waals surface area contributed by atoms with Gasteiger partial charge in [0.1, 0.15) is 18.3 Å². The van der Waals surface area contributed by atoms with Gasteiger partial charge in [-0.25, -0.2) is 0 Å². The number of ether oxygens (including phenoxy) is 5. The second-order valence-corrected chi connectivity index (χ2v) is 10.5. The van der Waals surface area contributed by atoms with Crippen LogP contribution in [0.3, 0.4) is 0 Å². The molecule has 0 saturated carbocycles. The first-order valence-electron chi connectivity index (χ1n) is 14.0. The van der Waals surface area contributed by atoms with Gasteiger partial charge in [0.05, 0.1) is 6.10 Å². The Bertz CT molecular complexity index is 979.